The molecule has 3 nitrogen and oxygen atoms in total. The molecule has 0 saturated heterocycles. The normalized spacial score (nSPS) is 10.7. The molecular formula is C16H28N2O. The fraction of sp³-hybridized carbons (Fsp3) is 0.625. The van der Waals surface area contributed by atoms with Crippen molar-refractivity contribution in [2.75, 3.05) is 38.8 Å². The van der Waals surface area contributed by atoms with Gasteiger partial charge in [0.05, 0.1) is 6.61 Å². The van der Waals surface area contributed by atoms with E-state index in [1.165, 1.54) is 30.5 Å². The Hall–Kier alpha value is -1.06. The number of unbranched alkanes of at least 4 members (excludes halogenated alkanes) is 2. The van der Waals surface area contributed by atoms with Crippen LogP contribution in [0.5, 0.6) is 0 Å². The summed E-state index contributed by atoms with van der Waals surface area (Å²) in [5.74, 6) is 0. The molecule has 0 aliphatic carbocycles. The Morgan fingerprint density at radius 1 is 1.16 bits per heavy atom. The SMILES string of the molecule is CCCCCN(C)c1ccc(CNCCOC)cc1. The maximum absolute atomic E-state index is 5.01. The molecule has 1 aromatic carbocycles. The van der Waals surface area contributed by atoms with E-state index in [0.29, 0.717) is 0 Å². The lowest BCUT2D eigenvalue weighted by atomic mass is 10.2. The third-order valence-electron chi connectivity index (χ3n) is 3.29. The molecule has 0 bridgehead atoms. The van der Waals surface area contributed by atoms with E-state index in [2.05, 4.69) is 48.5 Å². The van der Waals surface area contributed by atoms with Crippen LogP contribution >= 0.6 is 0 Å². The van der Waals surface area contributed by atoms with E-state index >= 15 is 0 Å². The van der Waals surface area contributed by atoms with Gasteiger partial charge in [0.1, 0.15) is 0 Å². The summed E-state index contributed by atoms with van der Waals surface area (Å²) in [6.07, 6.45) is 3.86. The minimum absolute atomic E-state index is 0.762. The molecular weight excluding hydrogens is 236 g/mol. The molecule has 0 heterocycles. The molecule has 108 valence electrons. The quantitative estimate of drug-likeness (QED) is 0.657. The number of nitrogens with zero attached hydrogens (tertiary/aromatic N) is 1. The molecule has 0 amide bonds. The summed E-state index contributed by atoms with van der Waals surface area (Å²) < 4.78 is 5.01. The molecule has 0 radical (unpaired) electrons. The largest absolute Gasteiger partial charge is 0.383 e. The fourth-order valence-electron chi connectivity index (χ4n) is 2.00. The summed E-state index contributed by atoms with van der Waals surface area (Å²) in [5, 5.41) is 3.35. The van der Waals surface area contributed by atoms with E-state index in [-0.39, 0.29) is 0 Å². The van der Waals surface area contributed by atoms with Crippen LogP contribution < -0.4 is 10.2 Å². The molecule has 0 unspecified atom stereocenters. The highest BCUT2D eigenvalue weighted by molar-refractivity contribution is 5.46. The molecule has 19 heavy (non-hydrogen) atoms. The Morgan fingerprint density at radius 2 is 1.89 bits per heavy atom. The van der Waals surface area contributed by atoms with Crippen LogP contribution in [-0.4, -0.2) is 33.9 Å². The maximum Gasteiger partial charge on any atom is 0.0587 e. The summed E-state index contributed by atoms with van der Waals surface area (Å²) >= 11 is 0. The molecule has 0 saturated carbocycles. The Kier molecular flexibility index (Phi) is 8.26. The van der Waals surface area contributed by atoms with Crippen molar-refractivity contribution in [2.24, 2.45) is 0 Å². The average molecular weight is 264 g/mol. The lowest BCUT2D eigenvalue weighted by Crippen LogP contribution is -2.19. The fourth-order valence-corrected chi connectivity index (χ4v) is 2.00. The highest BCUT2D eigenvalue weighted by Gasteiger charge is 2.00. The molecule has 1 aromatic rings. The summed E-state index contributed by atoms with van der Waals surface area (Å²) in [5.41, 5.74) is 2.62. The van der Waals surface area contributed by atoms with Crippen molar-refractivity contribution in [3.63, 3.8) is 0 Å². The first-order valence-corrected chi connectivity index (χ1v) is 7.27. The van der Waals surface area contributed by atoms with Gasteiger partial charge in [-0.05, 0) is 24.1 Å². The van der Waals surface area contributed by atoms with Crippen molar-refractivity contribution < 1.29 is 4.74 Å². The number of methoxy groups -OCH3 is 1. The number of rotatable bonds is 10. The van der Waals surface area contributed by atoms with Gasteiger partial charge >= 0.3 is 0 Å². The Bertz CT molecular complexity index is 324. The van der Waals surface area contributed by atoms with Gasteiger partial charge in [0, 0.05) is 39.5 Å². The number of hydrogen-bond donors (Lipinski definition) is 1. The van der Waals surface area contributed by atoms with Crippen molar-refractivity contribution in [3.8, 4) is 0 Å². The second-order valence-electron chi connectivity index (χ2n) is 4.96. The first kappa shape index (κ1) is 16.0. The predicted octanol–water partition coefficient (Wildman–Crippen LogP) is 3.05. The van der Waals surface area contributed by atoms with Crippen molar-refractivity contribution in [3.05, 3.63) is 29.8 Å². The zero-order chi connectivity index (χ0) is 13.9. The van der Waals surface area contributed by atoms with Gasteiger partial charge in [-0.3, -0.25) is 0 Å². The van der Waals surface area contributed by atoms with E-state index in [4.69, 9.17) is 4.74 Å². The molecule has 0 atom stereocenters. The van der Waals surface area contributed by atoms with Crippen LogP contribution in [0.3, 0.4) is 0 Å². The topological polar surface area (TPSA) is 24.5 Å². The van der Waals surface area contributed by atoms with Gasteiger partial charge in [-0.15, -0.1) is 0 Å². The summed E-state index contributed by atoms with van der Waals surface area (Å²) in [6.45, 7) is 5.95. The van der Waals surface area contributed by atoms with Crippen LogP contribution in [0.4, 0.5) is 5.69 Å². The summed E-state index contributed by atoms with van der Waals surface area (Å²) in [6, 6.07) is 8.81. The van der Waals surface area contributed by atoms with E-state index in [0.717, 1.165) is 26.2 Å². The first-order chi connectivity index (χ1) is 9.27. The number of hydrogen-bond acceptors (Lipinski definition) is 3. The second kappa shape index (κ2) is 9.82. The number of ether oxygens (including phenoxy) is 1. The number of benzene rings is 1. The van der Waals surface area contributed by atoms with Gasteiger partial charge < -0.3 is 15.0 Å². The average Bonchev–Trinajstić information content (AvgIpc) is 2.44. The van der Waals surface area contributed by atoms with Crippen LogP contribution in [0, 0.1) is 0 Å². The standard InChI is InChI=1S/C16H28N2O/c1-4-5-6-12-18(2)16-9-7-15(8-10-16)14-17-11-13-19-3/h7-10,17H,4-6,11-14H2,1-3H3. The monoisotopic (exact) mass is 264 g/mol. The molecule has 0 fully saturated rings. The minimum Gasteiger partial charge on any atom is -0.383 e. The summed E-state index contributed by atoms with van der Waals surface area (Å²) in [7, 11) is 3.90. The van der Waals surface area contributed by atoms with Gasteiger partial charge in [0.25, 0.3) is 0 Å². The first-order valence-electron chi connectivity index (χ1n) is 7.27. The second-order valence-corrected chi connectivity index (χ2v) is 4.96. The molecule has 0 spiro atoms. The van der Waals surface area contributed by atoms with Crippen LogP contribution in [0.2, 0.25) is 0 Å². The number of anilines is 1. The Morgan fingerprint density at radius 3 is 2.53 bits per heavy atom. The van der Waals surface area contributed by atoms with Gasteiger partial charge in [0.2, 0.25) is 0 Å². The van der Waals surface area contributed by atoms with Crippen LogP contribution in [0.15, 0.2) is 24.3 Å². The third kappa shape index (κ3) is 6.60. The van der Waals surface area contributed by atoms with Crippen LogP contribution in [0.25, 0.3) is 0 Å². The highest BCUT2D eigenvalue weighted by atomic mass is 16.5. The van der Waals surface area contributed by atoms with Crippen molar-refractivity contribution >= 4 is 5.69 Å². The predicted molar refractivity (Wildman–Crippen MR) is 82.8 cm³/mol. The van der Waals surface area contributed by atoms with E-state index in [9.17, 15) is 0 Å². The molecule has 3 heteroatoms. The third-order valence-corrected chi connectivity index (χ3v) is 3.29. The molecule has 0 aliphatic rings. The van der Waals surface area contributed by atoms with Gasteiger partial charge in [0.15, 0.2) is 0 Å². The molecule has 1 N–H and O–H groups in total. The summed E-state index contributed by atoms with van der Waals surface area (Å²) in [4.78, 5) is 2.33. The highest BCUT2D eigenvalue weighted by Crippen LogP contribution is 2.14. The molecule has 1 rings (SSSR count). The lowest BCUT2D eigenvalue weighted by molar-refractivity contribution is 0.199. The zero-order valence-corrected chi connectivity index (χ0v) is 12.6. The Balaban J connectivity index is 2.33. The van der Waals surface area contributed by atoms with E-state index in [1.54, 1.807) is 7.11 Å². The molecule has 0 aliphatic heterocycles. The van der Waals surface area contributed by atoms with Crippen molar-refractivity contribution in [2.45, 2.75) is 32.7 Å². The lowest BCUT2D eigenvalue weighted by Gasteiger charge is -2.19. The Labute approximate surface area is 118 Å². The van der Waals surface area contributed by atoms with Crippen molar-refractivity contribution in [1.29, 1.82) is 0 Å². The minimum atomic E-state index is 0.762. The van der Waals surface area contributed by atoms with E-state index in [1.807, 2.05) is 0 Å². The zero-order valence-electron chi connectivity index (χ0n) is 12.6. The smallest absolute Gasteiger partial charge is 0.0587 e. The molecule has 0 aromatic heterocycles. The van der Waals surface area contributed by atoms with Gasteiger partial charge in [-0.2, -0.15) is 0 Å². The van der Waals surface area contributed by atoms with Crippen LogP contribution in [0.1, 0.15) is 31.7 Å². The maximum atomic E-state index is 5.01. The number of nitrogens with one attached hydrogen (secondary N) is 1. The van der Waals surface area contributed by atoms with Gasteiger partial charge in [-0.25, -0.2) is 0 Å². The van der Waals surface area contributed by atoms with E-state index < -0.39 is 0 Å². The van der Waals surface area contributed by atoms with Crippen molar-refractivity contribution in [1.82, 2.24) is 5.32 Å². The van der Waals surface area contributed by atoms with Crippen LogP contribution in [-0.2, 0) is 11.3 Å². The van der Waals surface area contributed by atoms with Gasteiger partial charge in [-0.1, -0.05) is 31.9 Å².